The Hall–Kier alpha value is -1.13. The number of hydrogen-bond donors (Lipinski definition) is 0. The summed E-state index contributed by atoms with van der Waals surface area (Å²) >= 11 is 8.89. The van der Waals surface area contributed by atoms with E-state index in [1.54, 1.807) is 6.07 Å². The molecule has 0 saturated carbocycles. The first-order valence-electron chi connectivity index (χ1n) is 4.33. The van der Waals surface area contributed by atoms with Gasteiger partial charge in [-0.1, -0.05) is 11.6 Å². The number of carbonyl (C=O) groups is 1. The quantitative estimate of drug-likeness (QED) is 0.783. The van der Waals surface area contributed by atoms with Crippen molar-refractivity contribution >= 4 is 33.3 Å². The van der Waals surface area contributed by atoms with Gasteiger partial charge in [0.1, 0.15) is 5.82 Å². The maximum atomic E-state index is 13.0. The fourth-order valence-corrected chi connectivity index (χ4v) is 1.75. The molecule has 0 amide bonds. The summed E-state index contributed by atoms with van der Waals surface area (Å²) in [5.74, 6) is -0.854. The lowest BCUT2D eigenvalue weighted by Crippen LogP contribution is -2.01. The Morgan fingerprint density at radius 3 is 2.69 bits per heavy atom. The summed E-state index contributed by atoms with van der Waals surface area (Å²) in [5.41, 5.74) is 0.0866. The second-order valence-electron chi connectivity index (χ2n) is 3.06. The number of ketones is 1. The van der Waals surface area contributed by atoms with E-state index in [4.69, 9.17) is 16.0 Å². The van der Waals surface area contributed by atoms with Crippen LogP contribution in [0, 0.1) is 5.82 Å². The average molecular weight is 304 g/mol. The van der Waals surface area contributed by atoms with Crippen LogP contribution in [-0.4, -0.2) is 5.78 Å². The lowest BCUT2D eigenvalue weighted by atomic mass is 10.1. The number of rotatable bonds is 2. The number of hydrogen-bond acceptors (Lipinski definition) is 2. The molecule has 0 unspecified atom stereocenters. The topological polar surface area (TPSA) is 30.2 Å². The molecule has 2 rings (SSSR count). The Morgan fingerprint density at radius 1 is 1.31 bits per heavy atom. The van der Waals surface area contributed by atoms with Crippen LogP contribution in [0.25, 0.3) is 0 Å². The highest BCUT2D eigenvalue weighted by Gasteiger charge is 2.17. The van der Waals surface area contributed by atoms with Gasteiger partial charge in [0.15, 0.2) is 10.4 Å². The van der Waals surface area contributed by atoms with Gasteiger partial charge in [0, 0.05) is 5.56 Å². The summed E-state index contributed by atoms with van der Waals surface area (Å²) in [6.45, 7) is 0. The molecule has 0 aliphatic rings. The molecule has 16 heavy (non-hydrogen) atoms. The third kappa shape index (κ3) is 2.18. The van der Waals surface area contributed by atoms with Crippen LogP contribution >= 0.6 is 27.5 Å². The van der Waals surface area contributed by atoms with E-state index >= 15 is 0 Å². The second-order valence-corrected chi connectivity index (χ2v) is 4.25. The molecule has 0 bridgehead atoms. The first-order valence-corrected chi connectivity index (χ1v) is 5.50. The van der Waals surface area contributed by atoms with Crippen LogP contribution in [0.15, 0.2) is 39.4 Å². The molecule has 0 N–H and O–H groups in total. The van der Waals surface area contributed by atoms with Crippen LogP contribution in [0.4, 0.5) is 4.39 Å². The zero-order valence-corrected chi connectivity index (χ0v) is 10.2. The van der Waals surface area contributed by atoms with E-state index in [1.807, 2.05) is 0 Å². The third-order valence-corrected chi connectivity index (χ3v) is 2.73. The Kier molecular flexibility index (Phi) is 3.12. The van der Waals surface area contributed by atoms with Gasteiger partial charge in [-0.25, -0.2) is 4.39 Å². The van der Waals surface area contributed by atoms with Crippen LogP contribution in [0.1, 0.15) is 16.1 Å². The van der Waals surface area contributed by atoms with Crippen molar-refractivity contribution in [3.8, 4) is 0 Å². The van der Waals surface area contributed by atoms with Crippen molar-refractivity contribution in [2.45, 2.75) is 0 Å². The number of carbonyl (C=O) groups excluding carboxylic acids is 1. The minimum absolute atomic E-state index is 0.0866. The first-order chi connectivity index (χ1) is 7.58. The molecule has 0 aliphatic heterocycles. The van der Waals surface area contributed by atoms with Crippen LogP contribution in [0.3, 0.4) is 0 Å². The minimum Gasteiger partial charge on any atom is -0.446 e. The number of benzene rings is 1. The summed E-state index contributed by atoms with van der Waals surface area (Å²) < 4.78 is 18.5. The zero-order valence-electron chi connectivity index (χ0n) is 7.84. The van der Waals surface area contributed by atoms with Gasteiger partial charge in [-0.2, -0.15) is 0 Å². The molecule has 1 aromatic carbocycles. The molecular formula is C11H5BrClFO2. The lowest BCUT2D eigenvalue weighted by Gasteiger charge is -2.00. The van der Waals surface area contributed by atoms with Gasteiger partial charge >= 0.3 is 0 Å². The van der Waals surface area contributed by atoms with E-state index in [0.29, 0.717) is 4.67 Å². The highest BCUT2D eigenvalue weighted by molar-refractivity contribution is 9.10. The van der Waals surface area contributed by atoms with Crippen molar-refractivity contribution in [1.82, 2.24) is 0 Å². The van der Waals surface area contributed by atoms with Gasteiger partial charge in [-0.05, 0) is 46.3 Å². The fraction of sp³-hybridized carbons (Fsp3) is 0. The van der Waals surface area contributed by atoms with E-state index in [0.717, 1.165) is 6.07 Å². The Morgan fingerprint density at radius 2 is 2.06 bits per heavy atom. The molecule has 0 saturated heterocycles. The van der Waals surface area contributed by atoms with Gasteiger partial charge in [-0.15, -0.1) is 0 Å². The average Bonchev–Trinajstić information content (AvgIpc) is 2.67. The zero-order chi connectivity index (χ0) is 11.7. The van der Waals surface area contributed by atoms with Crippen LogP contribution < -0.4 is 0 Å². The summed E-state index contributed by atoms with van der Waals surface area (Å²) in [7, 11) is 0. The molecule has 1 aromatic heterocycles. The maximum absolute atomic E-state index is 13.0. The molecule has 0 aliphatic carbocycles. The van der Waals surface area contributed by atoms with Crippen molar-refractivity contribution < 1.29 is 13.6 Å². The fourth-order valence-electron chi connectivity index (χ4n) is 1.24. The molecule has 0 atom stereocenters. The van der Waals surface area contributed by atoms with Crippen molar-refractivity contribution in [1.29, 1.82) is 0 Å². The van der Waals surface area contributed by atoms with Gasteiger partial charge in [0.25, 0.3) is 0 Å². The number of halogens is 3. The summed E-state index contributed by atoms with van der Waals surface area (Å²) in [6.07, 6.45) is 0. The minimum atomic E-state index is -0.515. The first kappa shape index (κ1) is 11.4. The smallest absolute Gasteiger partial charge is 0.229 e. The van der Waals surface area contributed by atoms with Gasteiger partial charge in [0.2, 0.25) is 5.78 Å². The van der Waals surface area contributed by atoms with Gasteiger partial charge in [-0.3, -0.25) is 4.79 Å². The van der Waals surface area contributed by atoms with E-state index in [1.165, 1.54) is 18.2 Å². The molecule has 5 heteroatoms. The predicted molar refractivity (Wildman–Crippen MR) is 61.3 cm³/mol. The van der Waals surface area contributed by atoms with Crippen molar-refractivity contribution in [3.63, 3.8) is 0 Å². The predicted octanol–water partition coefficient (Wildman–Crippen LogP) is 4.07. The monoisotopic (exact) mass is 302 g/mol. The van der Waals surface area contributed by atoms with E-state index in [2.05, 4.69) is 15.9 Å². The molecule has 0 fully saturated rings. The van der Waals surface area contributed by atoms with Crippen molar-refractivity contribution in [2.24, 2.45) is 0 Å². The summed E-state index contributed by atoms with van der Waals surface area (Å²) in [5, 5.41) is 0.193. The van der Waals surface area contributed by atoms with Crippen molar-refractivity contribution in [2.75, 3.05) is 0 Å². The van der Waals surface area contributed by atoms with Crippen LogP contribution in [0.5, 0.6) is 0 Å². The molecule has 82 valence electrons. The van der Waals surface area contributed by atoms with Crippen LogP contribution in [-0.2, 0) is 0 Å². The molecule has 0 radical (unpaired) electrons. The Balaban J connectivity index is 2.45. The standard InChI is InChI=1S/C11H5BrClFO2/c12-10-4-3-9(16-10)11(15)7-5-6(14)1-2-8(7)13/h1-5H. The van der Waals surface area contributed by atoms with Crippen LogP contribution in [0.2, 0.25) is 5.02 Å². The molecular weight excluding hydrogens is 298 g/mol. The van der Waals surface area contributed by atoms with Gasteiger partial charge < -0.3 is 4.42 Å². The lowest BCUT2D eigenvalue weighted by molar-refractivity contribution is 0.101. The van der Waals surface area contributed by atoms with E-state index in [9.17, 15) is 9.18 Å². The number of furan rings is 1. The van der Waals surface area contributed by atoms with Crippen molar-refractivity contribution in [3.05, 3.63) is 57.2 Å². The van der Waals surface area contributed by atoms with Gasteiger partial charge in [0.05, 0.1) is 5.02 Å². The highest BCUT2D eigenvalue weighted by atomic mass is 79.9. The summed E-state index contributed by atoms with van der Waals surface area (Å²) in [6, 6.07) is 6.69. The van der Waals surface area contributed by atoms with E-state index < -0.39 is 11.6 Å². The maximum Gasteiger partial charge on any atom is 0.229 e. The normalized spacial score (nSPS) is 10.4. The SMILES string of the molecule is O=C(c1ccc(Br)o1)c1cc(F)ccc1Cl. The second kappa shape index (κ2) is 4.39. The largest absolute Gasteiger partial charge is 0.446 e. The molecule has 1 heterocycles. The molecule has 2 nitrogen and oxygen atoms in total. The Labute approximate surface area is 104 Å². The van der Waals surface area contributed by atoms with E-state index in [-0.39, 0.29) is 16.3 Å². The Bertz CT molecular complexity index is 551. The summed E-state index contributed by atoms with van der Waals surface area (Å²) in [4.78, 5) is 11.9. The molecule has 2 aromatic rings. The highest BCUT2D eigenvalue weighted by Crippen LogP contribution is 2.23. The molecule has 0 spiro atoms. The third-order valence-electron chi connectivity index (χ3n) is 1.97.